The number of nitrogens with zero attached hydrogens (tertiary/aromatic N) is 1. The maximum Gasteiger partial charge on any atom is 0.254 e. The van der Waals surface area contributed by atoms with Gasteiger partial charge in [-0.1, -0.05) is 13.8 Å². The molecule has 0 fully saturated rings. The third-order valence-corrected chi connectivity index (χ3v) is 4.97. The van der Waals surface area contributed by atoms with E-state index >= 15 is 0 Å². The second-order valence-electron chi connectivity index (χ2n) is 7.01. The Bertz CT molecular complexity index is 1120. The SMILES string of the molecule is C=C.CC.Cc1cc(F)cc(F)c1CN1CNC(=O)c2cc(Oc3ccc(C=O)cc3)ccc21. The lowest BCUT2D eigenvalue weighted by molar-refractivity contribution is 0.0946. The van der Waals surface area contributed by atoms with E-state index in [1.165, 1.54) is 6.07 Å². The van der Waals surface area contributed by atoms with Crippen LogP contribution in [0.2, 0.25) is 0 Å². The molecular formula is C27H28F2N2O3. The Morgan fingerprint density at radius 3 is 2.29 bits per heavy atom. The summed E-state index contributed by atoms with van der Waals surface area (Å²) in [6.07, 6.45) is 0.743. The first-order valence-electron chi connectivity index (χ1n) is 10.8. The Balaban J connectivity index is 0.000000970. The molecule has 1 heterocycles. The van der Waals surface area contributed by atoms with Gasteiger partial charge in [-0.25, -0.2) is 8.78 Å². The molecule has 0 aliphatic carbocycles. The van der Waals surface area contributed by atoms with Gasteiger partial charge in [0.05, 0.1) is 17.9 Å². The molecule has 1 N–H and O–H groups in total. The molecule has 178 valence electrons. The largest absolute Gasteiger partial charge is 0.457 e. The second kappa shape index (κ2) is 12.3. The third-order valence-electron chi connectivity index (χ3n) is 4.97. The van der Waals surface area contributed by atoms with Crippen molar-refractivity contribution in [1.29, 1.82) is 0 Å². The number of fused-ring (bicyclic) bond motifs is 1. The molecule has 4 rings (SSSR count). The standard InChI is InChI=1S/C23H18F2N2O3.C2H6.C2H4/c1-14-8-16(24)9-21(25)20(14)11-27-13-26-23(29)19-10-18(6-7-22(19)27)30-17-4-2-15(12-28)3-5-17;2*1-2/h2-10,12H,11,13H2,1H3,(H,26,29);1-2H3;1-2H2. The first kappa shape index (κ1) is 26.3. The van der Waals surface area contributed by atoms with Crippen LogP contribution in [0.25, 0.3) is 0 Å². The van der Waals surface area contributed by atoms with Crippen molar-refractivity contribution in [2.24, 2.45) is 0 Å². The van der Waals surface area contributed by atoms with Gasteiger partial charge in [0.2, 0.25) is 0 Å². The van der Waals surface area contributed by atoms with E-state index in [-0.39, 0.29) is 19.1 Å². The number of carbonyl (C=O) groups excluding carboxylic acids is 2. The molecular weight excluding hydrogens is 438 g/mol. The zero-order valence-electron chi connectivity index (χ0n) is 19.5. The summed E-state index contributed by atoms with van der Waals surface area (Å²) in [5, 5.41) is 2.76. The quantitative estimate of drug-likeness (QED) is 0.349. The van der Waals surface area contributed by atoms with E-state index in [1.807, 2.05) is 18.7 Å². The van der Waals surface area contributed by atoms with Crippen LogP contribution in [0.1, 0.15) is 45.7 Å². The molecule has 7 heteroatoms. The summed E-state index contributed by atoms with van der Waals surface area (Å²) in [7, 11) is 0. The summed E-state index contributed by atoms with van der Waals surface area (Å²) in [6.45, 7) is 12.0. The predicted octanol–water partition coefficient (Wildman–Crippen LogP) is 6.41. The van der Waals surface area contributed by atoms with Gasteiger partial charge in [0.1, 0.15) is 29.4 Å². The normalized spacial score (nSPS) is 11.7. The minimum Gasteiger partial charge on any atom is -0.457 e. The van der Waals surface area contributed by atoms with E-state index < -0.39 is 11.6 Å². The Morgan fingerprint density at radius 2 is 1.68 bits per heavy atom. The molecule has 0 saturated carbocycles. The average Bonchev–Trinajstić information content (AvgIpc) is 2.86. The van der Waals surface area contributed by atoms with Crippen LogP contribution < -0.4 is 15.0 Å². The maximum absolute atomic E-state index is 14.3. The lowest BCUT2D eigenvalue weighted by Crippen LogP contribution is -2.43. The summed E-state index contributed by atoms with van der Waals surface area (Å²) in [5.41, 5.74) is 2.43. The van der Waals surface area contributed by atoms with Crippen molar-refractivity contribution in [3.05, 3.63) is 102 Å². The highest BCUT2D eigenvalue weighted by Gasteiger charge is 2.25. The molecule has 1 amide bonds. The monoisotopic (exact) mass is 466 g/mol. The topological polar surface area (TPSA) is 58.6 Å². The molecule has 0 radical (unpaired) electrons. The van der Waals surface area contributed by atoms with E-state index in [9.17, 15) is 18.4 Å². The number of halogens is 2. The van der Waals surface area contributed by atoms with E-state index in [0.29, 0.717) is 39.4 Å². The second-order valence-corrected chi connectivity index (χ2v) is 7.01. The van der Waals surface area contributed by atoms with Crippen LogP contribution >= 0.6 is 0 Å². The van der Waals surface area contributed by atoms with Crippen molar-refractivity contribution in [2.45, 2.75) is 27.3 Å². The Kier molecular flexibility index (Phi) is 9.49. The molecule has 3 aromatic rings. The van der Waals surface area contributed by atoms with Crippen molar-refractivity contribution in [3.63, 3.8) is 0 Å². The number of ether oxygens (including phenoxy) is 1. The molecule has 1 aliphatic heterocycles. The zero-order valence-corrected chi connectivity index (χ0v) is 19.5. The highest BCUT2D eigenvalue weighted by atomic mass is 19.1. The number of carbonyl (C=O) groups is 2. The number of hydrogen-bond acceptors (Lipinski definition) is 4. The molecule has 0 aromatic heterocycles. The summed E-state index contributed by atoms with van der Waals surface area (Å²) in [4.78, 5) is 25.0. The summed E-state index contributed by atoms with van der Waals surface area (Å²) in [5.74, 6) is -0.528. The van der Waals surface area contributed by atoms with E-state index in [2.05, 4.69) is 18.5 Å². The highest BCUT2D eigenvalue weighted by Crippen LogP contribution is 2.32. The van der Waals surface area contributed by atoms with E-state index in [1.54, 1.807) is 49.4 Å². The molecule has 0 saturated heterocycles. The number of rotatable bonds is 5. The van der Waals surface area contributed by atoms with Gasteiger partial charge >= 0.3 is 0 Å². The number of amides is 1. The smallest absolute Gasteiger partial charge is 0.254 e. The number of aldehydes is 1. The minimum absolute atomic E-state index is 0.179. The molecule has 0 bridgehead atoms. The first-order valence-corrected chi connectivity index (χ1v) is 10.8. The molecule has 5 nitrogen and oxygen atoms in total. The van der Waals surface area contributed by atoms with Crippen molar-refractivity contribution >= 4 is 17.9 Å². The maximum atomic E-state index is 14.3. The number of nitrogens with one attached hydrogen (secondary N) is 1. The Hall–Kier alpha value is -4.00. The first-order chi connectivity index (χ1) is 16.4. The van der Waals surface area contributed by atoms with Crippen LogP contribution in [0.15, 0.2) is 67.8 Å². The fourth-order valence-electron chi connectivity index (χ4n) is 3.40. The van der Waals surface area contributed by atoms with E-state index in [0.717, 1.165) is 12.4 Å². The summed E-state index contributed by atoms with van der Waals surface area (Å²) < 4.78 is 33.5. The molecule has 3 aromatic carbocycles. The van der Waals surface area contributed by atoms with Gasteiger partial charge in [-0.05, 0) is 61.0 Å². The van der Waals surface area contributed by atoms with Crippen LogP contribution in [-0.2, 0) is 6.54 Å². The molecule has 1 aliphatic rings. The molecule has 0 atom stereocenters. The summed E-state index contributed by atoms with van der Waals surface area (Å²) in [6, 6.07) is 13.8. The minimum atomic E-state index is -0.621. The van der Waals surface area contributed by atoms with Crippen LogP contribution in [0.5, 0.6) is 11.5 Å². The van der Waals surface area contributed by atoms with Crippen molar-refractivity contribution in [2.75, 3.05) is 11.6 Å². The lowest BCUT2D eigenvalue weighted by atomic mass is 10.0. The predicted molar refractivity (Wildman–Crippen MR) is 131 cm³/mol. The van der Waals surface area contributed by atoms with Gasteiger partial charge in [0.25, 0.3) is 5.91 Å². The number of hydrogen-bond donors (Lipinski definition) is 1. The van der Waals surface area contributed by atoms with Crippen LogP contribution in [0.4, 0.5) is 14.5 Å². The Labute approximate surface area is 198 Å². The van der Waals surface area contributed by atoms with Gasteiger partial charge in [-0.15, -0.1) is 13.2 Å². The van der Waals surface area contributed by atoms with Gasteiger partial charge < -0.3 is 15.0 Å². The van der Waals surface area contributed by atoms with Gasteiger partial charge in [0, 0.05) is 23.7 Å². The fraction of sp³-hybridized carbons (Fsp3) is 0.185. The third kappa shape index (κ3) is 6.07. The molecule has 0 spiro atoms. The molecule has 34 heavy (non-hydrogen) atoms. The van der Waals surface area contributed by atoms with Crippen LogP contribution in [0, 0.1) is 18.6 Å². The van der Waals surface area contributed by atoms with Crippen LogP contribution in [0.3, 0.4) is 0 Å². The van der Waals surface area contributed by atoms with Gasteiger partial charge in [-0.3, -0.25) is 9.59 Å². The number of aryl methyl sites for hydroxylation is 1. The van der Waals surface area contributed by atoms with Crippen molar-refractivity contribution < 1.29 is 23.1 Å². The van der Waals surface area contributed by atoms with Gasteiger partial charge in [0.15, 0.2) is 0 Å². The van der Waals surface area contributed by atoms with E-state index in [4.69, 9.17) is 4.74 Å². The van der Waals surface area contributed by atoms with Crippen LogP contribution in [-0.4, -0.2) is 18.9 Å². The van der Waals surface area contributed by atoms with Crippen molar-refractivity contribution in [3.8, 4) is 11.5 Å². The number of benzene rings is 3. The van der Waals surface area contributed by atoms with Gasteiger partial charge in [-0.2, -0.15) is 0 Å². The average molecular weight is 467 g/mol. The summed E-state index contributed by atoms with van der Waals surface area (Å²) >= 11 is 0. The molecule has 0 unspecified atom stereocenters. The lowest BCUT2D eigenvalue weighted by Gasteiger charge is -2.32. The Morgan fingerprint density at radius 1 is 1.03 bits per heavy atom. The number of anilines is 1. The zero-order chi connectivity index (χ0) is 25.3. The highest BCUT2D eigenvalue weighted by molar-refractivity contribution is 6.02. The fourth-order valence-corrected chi connectivity index (χ4v) is 3.40. The van der Waals surface area contributed by atoms with Crippen molar-refractivity contribution in [1.82, 2.24) is 5.32 Å².